The molecule has 0 aromatic rings. The molecule has 3 N–H and O–H groups in total. The third kappa shape index (κ3) is 2.21. The Morgan fingerprint density at radius 3 is 2.54 bits per heavy atom. The summed E-state index contributed by atoms with van der Waals surface area (Å²) in [4.78, 5) is 2.45. The van der Waals surface area contributed by atoms with E-state index in [4.69, 9.17) is 11.1 Å². The Hall–Kier alpha value is -0.570. The van der Waals surface area contributed by atoms with E-state index >= 15 is 0 Å². The maximum atomic E-state index is 7.32. The van der Waals surface area contributed by atoms with Gasteiger partial charge in [-0.05, 0) is 38.1 Å². The smallest absolute Gasteiger partial charge is 0.0911 e. The Morgan fingerprint density at radius 1 is 1.54 bits per heavy atom. The van der Waals surface area contributed by atoms with E-state index in [-0.39, 0.29) is 0 Å². The lowest BCUT2D eigenvalue weighted by molar-refractivity contribution is 0.257. The van der Waals surface area contributed by atoms with Crippen LogP contribution in [0.15, 0.2) is 0 Å². The molecule has 0 aromatic carbocycles. The summed E-state index contributed by atoms with van der Waals surface area (Å²) >= 11 is 0. The van der Waals surface area contributed by atoms with Gasteiger partial charge in [0.2, 0.25) is 0 Å². The van der Waals surface area contributed by atoms with Crippen molar-refractivity contribution in [1.82, 2.24) is 4.90 Å². The van der Waals surface area contributed by atoms with Gasteiger partial charge in [-0.1, -0.05) is 0 Å². The van der Waals surface area contributed by atoms with Crippen molar-refractivity contribution in [2.45, 2.75) is 38.1 Å². The topological polar surface area (TPSA) is 53.1 Å². The van der Waals surface area contributed by atoms with Crippen LogP contribution in [0.2, 0.25) is 0 Å². The van der Waals surface area contributed by atoms with Crippen LogP contribution in [0.1, 0.15) is 32.1 Å². The second-order valence-corrected chi connectivity index (χ2v) is 4.85. The Balaban J connectivity index is 1.81. The number of nitrogens with two attached hydrogens (primary N) is 1. The minimum Gasteiger partial charge on any atom is -0.388 e. The van der Waals surface area contributed by atoms with Gasteiger partial charge in [-0.3, -0.25) is 5.41 Å². The van der Waals surface area contributed by atoms with E-state index in [1.807, 2.05) is 0 Å². The van der Waals surface area contributed by atoms with Crippen LogP contribution in [0.5, 0.6) is 0 Å². The molecule has 2 rings (SSSR count). The molecule has 0 spiro atoms. The number of nitrogens with zero attached hydrogens (tertiary/aromatic N) is 1. The Morgan fingerprint density at radius 2 is 2.15 bits per heavy atom. The van der Waals surface area contributed by atoms with Crippen molar-refractivity contribution in [2.75, 3.05) is 13.6 Å². The summed E-state index contributed by atoms with van der Waals surface area (Å²) in [5.41, 5.74) is 5.84. The molecular formula is C10H19N3. The van der Waals surface area contributed by atoms with Crippen LogP contribution < -0.4 is 5.73 Å². The predicted octanol–water partition coefficient (Wildman–Crippen LogP) is 1.19. The van der Waals surface area contributed by atoms with E-state index in [1.54, 1.807) is 0 Å². The van der Waals surface area contributed by atoms with Gasteiger partial charge in [0.25, 0.3) is 0 Å². The summed E-state index contributed by atoms with van der Waals surface area (Å²) in [7, 11) is 2.21. The van der Waals surface area contributed by atoms with Crippen LogP contribution in [-0.4, -0.2) is 30.4 Å². The maximum Gasteiger partial charge on any atom is 0.0911 e. The zero-order valence-corrected chi connectivity index (χ0v) is 8.34. The monoisotopic (exact) mass is 181 g/mol. The number of rotatable bonds is 5. The fraction of sp³-hybridized carbons (Fsp3) is 0.900. The van der Waals surface area contributed by atoms with Gasteiger partial charge in [0.1, 0.15) is 0 Å². The van der Waals surface area contributed by atoms with Gasteiger partial charge in [-0.2, -0.15) is 0 Å². The minimum absolute atomic E-state index is 0.363. The van der Waals surface area contributed by atoms with E-state index in [0.717, 1.165) is 19.0 Å². The zero-order chi connectivity index (χ0) is 9.47. The molecule has 3 heteroatoms. The third-order valence-corrected chi connectivity index (χ3v) is 3.28. The number of amidine groups is 1. The number of nitrogens with one attached hydrogen (secondary N) is 1. The first kappa shape index (κ1) is 9.00. The zero-order valence-electron chi connectivity index (χ0n) is 8.34. The molecule has 0 saturated heterocycles. The van der Waals surface area contributed by atoms with Crippen molar-refractivity contribution < 1.29 is 0 Å². The molecule has 0 aromatic heterocycles. The van der Waals surface area contributed by atoms with E-state index in [0.29, 0.717) is 11.3 Å². The second-order valence-electron chi connectivity index (χ2n) is 4.85. The first-order valence-electron chi connectivity index (χ1n) is 5.14. The highest BCUT2D eigenvalue weighted by atomic mass is 15.2. The van der Waals surface area contributed by atoms with Crippen molar-refractivity contribution in [1.29, 1.82) is 5.41 Å². The molecular weight excluding hydrogens is 162 g/mol. The van der Waals surface area contributed by atoms with Crippen LogP contribution in [0.3, 0.4) is 0 Å². The highest BCUT2D eigenvalue weighted by Crippen LogP contribution is 2.50. The predicted molar refractivity (Wildman–Crippen MR) is 53.9 cm³/mol. The summed E-state index contributed by atoms with van der Waals surface area (Å²) in [6.07, 6.45) is 6.08. The van der Waals surface area contributed by atoms with Gasteiger partial charge in [0.05, 0.1) is 5.84 Å². The maximum absolute atomic E-state index is 7.32. The molecule has 0 heterocycles. The molecule has 13 heavy (non-hydrogen) atoms. The number of hydrogen-bond acceptors (Lipinski definition) is 2. The van der Waals surface area contributed by atoms with Gasteiger partial charge in [-0.15, -0.1) is 0 Å². The highest BCUT2D eigenvalue weighted by Gasteiger charge is 2.45. The van der Waals surface area contributed by atoms with Crippen LogP contribution >= 0.6 is 0 Å². The molecule has 0 atom stereocenters. The van der Waals surface area contributed by atoms with Crippen molar-refractivity contribution >= 4 is 5.84 Å². The largest absolute Gasteiger partial charge is 0.388 e. The fourth-order valence-electron chi connectivity index (χ4n) is 2.15. The van der Waals surface area contributed by atoms with Crippen LogP contribution in [0.4, 0.5) is 0 Å². The molecule has 0 unspecified atom stereocenters. The average molecular weight is 181 g/mol. The van der Waals surface area contributed by atoms with Gasteiger partial charge >= 0.3 is 0 Å². The fourth-order valence-corrected chi connectivity index (χ4v) is 2.15. The van der Waals surface area contributed by atoms with Gasteiger partial charge in [0.15, 0.2) is 0 Å². The van der Waals surface area contributed by atoms with Crippen LogP contribution in [0, 0.1) is 10.8 Å². The summed E-state index contributed by atoms with van der Waals surface area (Å²) in [5, 5.41) is 7.32. The summed E-state index contributed by atoms with van der Waals surface area (Å²) in [6.45, 7) is 1.15. The molecule has 2 fully saturated rings. The van der Waals surface area contributed by atoms with Gasteiger partial charge in [0, 0.05) is 19.0 Å². The van der Waals surface area contributed by atoms with Gasteiger partial charge < -0.3 is 10.6 Å². The summed E-state index contributed by atoms with van der Waals surface area (Å²) in [6, 6.07) is 0.837. The SMILES string of the molecule is CN(CC1(CC(=N)N)CC1)C1CC1. The van der Waals surface area contributed by atoms with Crippen LogP contribution in [0.25, 0.3) is 0 Å². The van der Waals surface area contributed by atoms with Crippen molar-refractivity contribution in [2.24, 2.45) is 11.1 Å². The molecule has 2 aliphatic rings. The molecule has 0 aliphatic heterocycles. The Bertz CT molecular complexity index is 216. The van der Waals surface area contributed by atoms with E-state index < -0.39 is 0 Å². The molecule has 0 bridgehead atoms. The quantitative estimate of drug-likeness (QED) is 0.494. The van der Waals surface area contributed by atoms with Crippen molar-refractivity contribution in [3.63, 3.8) is 0 Å². The highest BCUT2D eigenvalue weighted by molar-refractivity contribution is 5.78. The summed E-state index contributed by atoms with van der Waals surface area (Å²) in [5.74, 6) is 0.363. The van der Waals surface area contributed by atoms with Crippen LogP contribution in [-0.2, 0) is 0 Å². The molecule has 2 saturated carbocycles. The van der Waals surface area contributed by atoms with E-state index in [2.05, 4.69) is 11.9 Å². The normalized spacial score (nSPS) is 24.8. The Labute approximate surface area is 79.8 Å². The molecule has 3 nitrogen and oxygen atoms in total. The molecule has 2 aliphatic carbocycles. The van der Waals surface area contributed by atoms with Crippen molar-refractivity contribution in [3.8, 4) is 0 Å². The minimum atomic E-state index is 0.363. The van der Waals surface area contributed by atoms with E-state index in [9.17, 15) is 0 Å². The first-order valence-corrected chi connectivity index (χ1v) is 5.14. The van der Waals surface area contributed by atoms with Gasteiger partial charge in [-0.25, -0.2) is 0 Å². The standard InChI is InChI=1S/C10H19N3/c1-13(8-2-3-8)7-10(4-5-10)6-9(11)12/h8H,2-7H2,1H3,(H3,11,12). The lowest BCUT2D eigenvalue weighted by Gasteiger charge is -2.22. The lowest BCUT2D eigenvalue weighted by Crippen LogP contribution is -2.31. The number of hydrogen-bond donors (Lipinski definition) is 2. The lowest BCUT2D eigenvalue weighted by atomic mass is 10.0. The Kier molecular flexibility index (Phi) is 2.06. The molecule has 0 amide bonds. The second kappa shape index (κ2) is 2.98. The first-order chi connectivity index (χ1) is 6.11. The third-order valence-electron chi connectivity index (χ3n) is 3.28. The molecule has 74 valence electrons. The van der Waals surface area contributed by atoms with Crippen molar-refractivity contribution in [3.05, 3.63) is 0 Å². The summed E-state index contributed by atoms with van der Waals surface area (Å²) < 4.78 is 0. The molecule has 0 radical (unpaired) electrons. The van der Waals surface area contributed by atoms with E-state index in [1.165, 1.54) is 25.7 Å². The average Bonchev–Trinajstić information content (AvgIpc) is 2.76.